The Bertz CT molecular complexity index is 606. The highest BCUT2D eigenvalue weighted by molar-refractivity contribution is 7.99. The molecule has 0 aromatic heterocycles. The number of amides is 1. The summed E-state index contributed by atoms with van der Waals surface area (Å²) in [5.41, 5.74) is 1.27. The number of thioether (sulfide) groups is 1. The minimum Gasteiger partial charge on any atom is -0.325 e. The molecule has 0 unspecified atom stereocenters. The number of carbonyl (C=O) groups is 1. The van der Waals surface area contributed by atoms with E-state index in [1.54, 1.807) is 42.5 Å². The van der Waals surface area contributed by atoms with Gasteiger partial charge in [-0.25, -0.2) is 4.39 Å². The average Bonchev–Trinajstić information content (AvgIpc) is 2.41. The molecule has 20 heavy (non-hydrogen) atoms. The highest BCUT2D eigenvalue weighted by Crippen LogP contribution is 2.17. The summed E-state index contributed by atoms with van der Waals surface area (Å²) in [5.74, 6) is 0.361. The van der Waals surface area contributed by atoms with E-state index in [9.17, 15) is 9.18 Å². The molecule has 0 saturated heterocycles. The fourth-order valence-corrected chi connectivity index (χ4v) is 2.64. The fourth-order valence-electron chi connectivity index (χ4n) is 1.63. The maximum Gasteiger partial charge on any atom is 0.234 e. The highest BCUT2D eigenvalue weighted by atomic mass is 35.5. The van der Waals surface area contributed by atoms with E-state index in [0.29, 0.717) is 22.0 Å². The van der Waals surface area contributed by atoms with Crippen LogP contribution in [0.4, 0.5) is 10.1 Å². The minimum absolute atomic E-state index is 0.131. The van der Waals surface area contributed by atoms with Crippen molar-refractivity contribution < 1.29 is 9.18 Å². The summed E-state index contributed by atoms with van der Waals surface area (Å²) in [5, 5.41) is 3.32. The first kappa shape index (κ1) is 14.9. The second-order valence-corrected chi connectivity index (χ2v) is 5.56. The van der Waals surface area contributed by atoms with Crippen LogP contribution in [0.2, 0.25) is 5.02 Å². The first-order valence-corrected chi connectivity index (χ1v) is 7.55. The van der Waals surface area contributed by atoms with Gasteiger partial charge in [0.05, 0.1) is 5.75 Å². The van der Waals surface area contributed by atoms with Gasteiger partial charge in [-0.2, -0.15) is 0 Å². The van der Waals surface area contributed by atoms with Crippen LogP contribution < -0.4 is 5.32 Å². The third kappa shape index (κ3) is 4.54. The van der Waals surface area contributed by atoms with Gasteiger partial charge in [0.1, 0.15) is 5.82 Å². The van der Waals surface area contributed by atoms with Crippen molar-refractivity contribution in [1.29, 1.82) is 0 Å². The average molecular weight is 310 g/mol. The maximum absolute atomic E-state index is 13.4. The SMILES string of the molecule is O=C(CSCc1ccccc1F)Nc1cccc(Cl)c1. The van der Waals surface area contributed by atoms with Crippen LogP contribution in [0.25, 0.3) is 0 Å². The summed E-state index contributed by atoms with van der Waals surface area (Å²) in [6.45, 7) is 0. The van der Waals surface area contributed by atoms with E-state index < -0.39 is 0 Å². The van der Waals surface area contributed by atoms with Crippen LogP contribution in [-0.2, 0) is 10.5 Å². The number of nitrogens with one attached hydrogen (secondary N) is 1. The third-order valence-electron chi connectivity index (χ3n) is 2.56. The van der Waals surface area contributed by atoms with Crippen LogP contribution in [0.1, 0.15) is 5.56 Å². The van der Waals surface area contributed by atoms with Crippen LogP contribution in [0.3, 0.4) is 0 Å². The third-order valence-corrected chi connectivity index (χ3v) is 3.77. The predicted molar refractivity (Wildman–Crippen MR) is 82.6 cm³/mol. The lowest BCUT2D eigenvalue weighted by Gasteiger charge is -2.06. The van der Waals surface area contributed by atoms with Crippen LogP contribution >= 0.6 is 23.4 Å². The summed E-state index contributed by atoms with van der Waals surface area (Å²) in [4.78, 5) is 11.7. The van der Waals surface area contributed by atoms with Gasteiger partial charge in [-0.05, 0) is 29.8 Å². The van der Waals surface area contributed by atoms with E-state index in [4.69, 9.17) is 11.6 Å². The standard InChI is InChI=1S/C15H13ClFNOS/c16-12-5-3-6-13(8-12)18-15(19)10-20-9-11-4-1-2-7-14(11)17/h1-8H,9-10H2,(H,18,19). The van der Waals surface area contributed by atoms with E-state index >= 15 is 0 Å². The molecule has 0 radical (unpaired) electrons. The molecule has 2 aromatic rings. The van der Waals surface area contributed by atoms with Gasteiger partial charge in [0.25, 0.3) is 0 Å². The summed E-state index contributed by atoms with van der Waals surface area (Å²) in [6.07, 6.45) is 0. The van der Waals surface area contributed by atoms with E-state index in [1.807, 2.05) is 0 Å². The molecule has 5 heteroatoms. The van der Waals surface area contributed by atoms with Crippen LogP contribution in [0.15, 0.2) is 48.5 Å². The van der Waals surface area contributed by atoms with Gasteiger partial charge < -0.3 is 5.32 Å². The van der Waals surface area contributed by atoms with E-state index in [0.717, 1.165) is 0 Å². The van der Waals surface area contributed by atoms with Crippen LogP contribution in [0.5, 0.6) is 0 Å². The Hall–Kier alpha value is -1.52. The van der Waals surface area contributed by atoms with Crippen molar-refractivity contribution in [3.05, 3.63) is 64.9 Å². The molecule has 0 spiro atoms. The summed E-state index contributed by atoms with van der Waals surface area (Å²) < 4.78 is 13.4. The highest BCUT2D eigenvalue weighted by Gasteiger charge is 2.05. The summed E-state index contributed by atoms with van der Waals surface area (Å²) in [6, 6.07) is 13.5. The van der Waals surface area contributed by atoms with Gasteiger partial charge in [0.2, 0.25) is 5.91 Å². The predicted octanol–water partition coefficient (Wildman–Crippen LogP) is 4.35. The molecule has 0 aliphatic rings. The second-order valence-electron chi connectivity index (χ2n) is 4.14. The molecule has 0 saturated carbocycles. The number of benzene rings is 2. The van der Waals surface area contributed by atoms with Gasteiger partial charge in [-0.15, -0.1) is 11.8 Å². The number of hydrogen-bond acceptors (Lipinski definition) is 2. The Balaban J connectivity index is 1.80. The molecule has 104 valence electrons. The van der Waals surface area contributed by atoms with E-state index in [-0.39, 0.29) is 17.5 Å². The zero-order valence-corrected chi connectivity index (χ0v) is 12.2. The number of hydrogen-bond donors (Lipinski definition) is 1. The number of halogens is 2. The van der Waals surface area contributed by atoms with Crippen molar-refractivity contribution in [3.8, 4) is 0 Å². The molecular weight excluding hydrogens is 297 g/mol. The number of rotatable bonds is 5. The monoisotopic (exact) mass is 309 g/mol. The van der Waals surface area contributed by atoms with Gasteiger partial charge in [0.15, 0.2) is 0 Å². The van der Waals surface area contributed by atoms with E-state index in [1.165, 1.54) is 17.8 Å². The molecule has 0 fully saturated rings. The molecule has 1 amide bonds. The lowest BCUT2D eigenvalue weighted by molar-refractivity contribution is -0.113. The Kier molecular flexibility index (Phi) is 5.44. The molecule has 0 aliphatic carbocycles. The minimum atomic E-state index is -0.241. The van der Waals surface area contributed by atoms with Crippen LogP contribution in [-0.4, -0.2) is 11.7 Å². The largest absolute Gasteiger partial charge is 0.325 e. The van der Waals surface area contributed by atoms with Crippen molar-refractivity contribution in [2.45, 2.75) is 5.75 Å². The maximum atomic E-state index is 13.4. The summed E-state index contributed by atoms with van der Waals surface area (Å²) in [7, 11) is 0. The first-order valence-electron chi connectivity index (χ1n) is 6.02. The normalized spacial score (nSPS) is 10.3. The van der Waals surface area contributed by atoms with Crippen LogP contribution in [0, 0.1) is 5.82 Å². The first-order chi connectivity index (χ1) is 9.65. The smallest absolute Gasteiger partial charge is 0.234 e. The van der Waals surface area contributed by atoms with Crippen molar-refractivity contribution in [3.63, 3.8) is 0 Å². The second kappa shape index (κ2) is 7.31. The quantitative estimate of drug-likeness (QED) is 0.889. The van der Waals surface area contributed by atoms with Crippen molar-refractivity contribution in [1.82, 2.24) is 0 Å². The molecule has 0 atom stereocenters. The molecule has 0 aliphatic heterocycles. The lowest BCUT2D eigenvalue weighted by atomic mass is 10.2. The van der Waals surface area contributed by atoms with E-state index in [2.05, 4.69) is 5.32 Å². The zero-order chi connectivity index (χ0) is 14.4. The Morgan fingerprint density at radius 1 is 1.20 bits per heavy atom. The number of carbonyl (C=O) groups excluding carboxylic acids is 1. The van der Waals surface area contributed by atoms with Crippen molar-refractivity contribution >= 4 is 35.0 Å². The molecule has 1 N–H and O–H groups in total. The fraction of sp³-hybridized carbons (Fsp3) is 0.133. The molecular formula is C15H13ClFNOS. The Labute approximate surface area is 126 Å². The Morgan fingerprint density at radius 2 is 2.00 bits per heavy atom. The number of anilines is 1. The zero-order valence-electron chi connectivity index (χ0n) is 10.6. The molecule has 2 aromatic carbocycles. The molecule has 2 rings (SSSR count). The molecule has 0 bridgehead atoms. The molecule has 0 heterocycles. The van der Waals surface area contributed by atoms with Gasteiger partial charge in [-0.1, -0.05) is 35.9 Å². The van der Waals surface area contributed by atoms with Crippen molar-refractivity contribution in [2.75, 3.05) is 11.1 Å². The van der Waals surface area contributed by atoms with Crippen molar-refractivity contribution in [2.24, 2.45) is 0 Å². The van der Waals surface area contributed by atoms with Gasteiger partial charge >= 0.3 is 0 Å². The van der Waals surface area contributed by atoms with Gasteiger partial charge in [0, 0.05) is 16.5 Å². The van der Waals surface area contributed by atoms with Gasteiger partial charge in [-0.3, -0.25) is 4.79 Å². The summed E-state index contributed by atoms with van der Waals surface area (Å²) >= 11 is 7.20. The molecule has 2 nitrogen and oxygen atoms in total. The Morgan fingerprint density at radius 3 is 2.75 bits per heavy atom. The topological polar surface area (TPSA) is 29.1 Å². The lowest BCUT2D eigenvalue weighted by Crippen LogP contribution is -2.14.